The second-order valence-corrected chi connectivity index (χ2v) is 4.43. The van der Waals surface area contributed by atoms with Gasteiger partial charge in [0.2, 0.25) is 0 Å². The molecule has 0 bridgehead atoms. The third-order valence-electron chi connectivity index (χ3n) is 2.90. The molecule has 0 spiro atoms. The van der Waals surface area contributed by atoms with E-state index in [1.165, 1.54) is 24.0 Å². The number of benzene rings is 1. The van der Waals surface area contributed by atoms with Crippen LogP contribution in [0.4, 0.5) is 0 Å². The highest BCUT2D eigenvalue weighted by molar-refractivity contribution is 5.71. The van der Waals surface area contributed by atoms with E-state index >= 15 is 0 Å². The molecule has 0 atom stereocenters. The topological polar surface area (TPSA) is 38.3 Å². The van der Waals surface area contributed by atoms with E-state index in [0.29, 0.717) is 6.61 Å². The lowest BCUT2D eigenvalue weighted by molar-refractivity contribution is -0.142. The minimum Gasteiger partial charge on any atom is -0.465 e. The van der Waals surface area contributed by atoms with Crippen LogP contribution in [0.1, 0.15) is 36.8 Å². The summed E-state index contributed by atoms with van der Waals surface area (Å²) in [6.07, 6.45) is 2.64. The number of rotatable bonds is 6. The summed E-state index contributed by atoms with van der Waals surface area (Å²) in [5.74, 6) is 0.589. The highest BCUT2D eigenvalue weighted by Crippen LogP contribution is 2.40. The van der Waals surface area contributed by atoms with Crippen molar-refractivity contribution in [3.63, 3.8) is 0 Å². The Morgan fingerprint density at radius 1 is 1.47 bits per heavy atom. The van der Waals surface area contributed by atoms with Gasteiger partial charge in [-0.1, -0.05) is 24.3 Å². The van der Waals surface area contributed by atoms with Gasteiger partial charge < -0.3 is 10.1 Å². The van der Waals surface area contributed by atoms with Gasteiger partial charge in [0.25, 0.3) is 0 Å². The molecule has 92 valence electrons. The van der Waals surface area contributed by atoms with E-state index in [1.807, 2.05) is 6.92 Å². The van der Waals surface area contributed by atoms with E-state index in [4.69, 9.17) is 4.74 Å². The number of hydrogen-bond acceptors (Lipinski definition) is 3. The van der Waals surface area contributed by atoms with Crippen LogP contribution in [0.5, 0.6) is 0 Å². The first-order valence-electron chi connectivity index (χ1n) is 6.24. The normalized spacial score (nSPS) is 14.6. The zero-order valence-electron chi connectivity index (χ0n) is 10.2. The number of hydrogen-bond donors (Lipinski definition) is 1. The molecule has 1 fully saturated rings. The van der Waals surface area contributed by atoms with Crippen LogP contribution in [0.25, 0.3) is 0 Å². The van der Waals surface area contributed by atoms with Crippen LogP contribution in [-0.4, -0.2) is 19.1 Å². The van der Waals surface area contributed by atoms with E-state index in [9.17, 15) is 4.79 Å². The largest absolute Gasteiger partial charge is 0.465 e. The van der Waals surface area contributed by atoms with Crippen LogP contribution in [0.15, 0.2) is 24.3 Å². The molecule has 1 aliphatic carbocycles. The zero-order valence-corrected chi connectivity index (χ0v) is 10.2. The van der Waals surface area contributed by atoms with Crippen LogP contribution >= 0.6 is 0 Å². The van der Waals surface area contributed by atoms with Gasteiger partial charge in [-0.3, -0.25) is 4.79 Å². The van der Waals surface area contributed by atoms with Crippen LogP contribution in [-0.2, 0) is 16.1 Å². The van der Waals surface area contributed by atoms with Crippen molar-refractivity contribution < 1.29 is 9.53 Å². The Labute approximate surface area is 102 Å². The molecule has 0 radical (unpaired) electrons. The van der Waals surface area contributed by atoms with E-state index in [2.05, 4.69) is 29.6 Å². The van der Waals surface area contributed by atoms with Crippen molar-refractivity contribution in [2.45, 2.75) is 32.2 Å². The van der Waals surface area contributed by atoms with Gasteiger partial charge in [0.05, 0.1) is 13.2 Å². The predicted octanol–water partition coefficient (Wildman–Crippen LogP) is 2.22. The highest BCUT2D eigenvalue weighted by atomic mass is 16.5. The number of carbonyl (C=O) groups is 1. The van der Waals surface area contributed by atoms with Crippen LogP contribution < -0.4 is 5.32 Å². The van der Waals surface area contributed by atoms with Gasteiger partial charge in [0.15, 0.2) is 0 Å². The van der Waals surface area contributed by atoms with Crippen molar-refractivity contribution in [3.8, 4) is 0 Å². The Morgan fingerprint density at radius 2 is 2.29 bits per heavy atom. The zero-order chi connectivity index (χ0) is 12.1. The number of nitrogens with one attached hydrogen (secondary N) is 1. The van der Waals surface area contributed by atoms with E-state index in [0.717, 1.165) is 12.5 Å². The van der Waals surface area contributed by atoms with Gasteiger partial charge >= 0.3 is 5.97 Å². The lowest BCUT2D eigenvalue weighted by atomic mass is 10.1. The Morgan fingerprint density at radius 3 is 3.00 bits per heavy atom. The van der Waals surface area contributed by atoms with Gasteiger partial charge in [0, 0.05) is 6.54 Å². The van der Waals surface area contributed by atoms with Crippen LogP contribution in [0.2, 0.25) is 0 Å². The van der Waals surface area contributed by atoms with E-state index in [1.54, 1.807) is 0 Å². The molecule has 0 aromatic heterocycles. The summed E-state index contributed by atoms with van der Waals surface area (Å²) in [7, 11) is 0. The van der Waals surface area contributed by atoms with Gasteiger partial charge in [-0.15, -0.1) is 0 Å². The standard InChI is InChI=1S/C14H19NO2/c1-2-17-14(16)10-15-9-11-4-3-5-13(8-11)12-6-7-12/h3-5,8,12,15H,2,6-7,9-10H2,1H3. The predicted molar refractivity (Wildman–Crippen MR) is 66.8 cm³/mol. The van der Waals surface area contributed by atoms with Gasteiger partial charge in [-0.05, 0) is 36.8 Å². The van der Waals surface area contributed by atoms with Crippen molar-refractivity contribution in [2.24, 2.45) is 0 Å². The van der Waals surface area contributed by atoms with Gasteiger partial charge in [-0.2, -0.15) is 0 Å². The average Bonchev–Trinajstić information content (AvgIpc) is 3.14. The fraction of sp³-hybridized carbons (Fsp3) is 0.500. The molecule has 1 saturated carbocycles. The third-order valence-corrected chi connectivity index (χ3v) is 2.90. The maximum Gasteiger partial charge on any atom is 0.319 e. The second-order valence-electron chi connectivity index (χ2n) is 4.43. The number of esters is 1. The van der Waals surface area contributed by atoms with Crippen molar-refractivity contribution in [1.29, 1.82) is 0 Å². The summed E-state index contributed by atoms with van der Waals surface area (Å²) in [5.41, 5.74) is 2.67. The molecule has 0 saturated heterocycles. The van der Waals surface area contributed by atoms with Crippen molar-refractivity contribution >= 4 is 5.97 Å². The molecule has 1 aromatic carbocycles. The third kappa shape index (κ3) is 3.86. The molecule has 0 unspecified atom stereocenters. The summed E-state index contributed by atoms with van der Waals surface area (Å²) in [6.45, 7) is 3.26. The van der Waals surface area contributed by atoms with Gasteiger partial charge in [0.1, 0.15) is 0 Å². The Hall–Kier alpha value is -1.35. The molecular formula is C14H19NO2. The molecule has 0 aliphatic heterocycles. The number of carbonyl (C=O) groups excluding carboxylic acids is 1. The van der Waals surface area contributed by atoms with E-state index < -0.39 is 0 Å². The van der Waals surface area contributed by atoms with Crippen molar-refractivity contribution in [1.82, 2.24) is 5.32 Å². The van der Waals surface area contributed by atoms with Crippen LogP contribution in [0.3, 0.4) is 0 Å². The van der Waals surface area contributed by atoms with Crippen molar-refractivity contribution in [2.75, 3.05) is 13.2 Å². The summed E-state index contributed by atoms with van der Waals surface area (Å²) in [6, 6.07) is 8.60. The summed E-state index contributed by atoms with van der Waals surface area (Å²) in [5, 5.41) is 3.10. The fourth-order valence-electron chi connectivity index (χ4n) is 1.89. The van der Waals surface area contributed by atoms with Crippen LogP contribution in [0, 0.1) is 0 Å². The molecule has 1 N–H and O–H groups in total. The maximum atomic E-state index is 11.1. The molecule has 1 aromatic rings. The lowest BCUT2D eigenvalue weighted by Gasteiger charge is -2.06. The molecular weight excluding hydrogens is 214 g/mol. The first-order chi connectivity index (χ1) is 8.29. The Balaban J connectivity index is 1.78. The minimum atomic E-state index is -0.189. The van der Waals surface area contributed by atoms with Crippen molar-refractivity contribution in [3.05, 3.63) is 35.4 Å². The van der Waals surface area contributed by atoms with Gasteiger partial charge in [-0.25, -0.2) is 0 Å². The molecule has 3 nitrogen and oxygen atoms in total. The maximum absolute atomic E-state index is 11.1. The summed E-state index contributed by atoms with van der Waals surface area (Å²) in [4.78, 5) is 11.1. The first-order valence-corrected chi connectivity index (χ1v) is 6.24. The molecule has 17 heavy (non-hydrogen) atoms. The number of ether oxygens (including phenoxy) is 1. The molecule has 0 heterocycles. The second kappa shape index (κ2) is 5.82. The lowest BCUT2D eigenvalue weighted by Crippen LogP contribution is -2.24. The molecule has 2 rings (SSSR count). The highest BCUT2D eigenvalue weighted by Gasteiger charge is 2.23. The Kier molecular flexibility index (Phi) is 4.15. The molecule has 3 heteroatoms. The fourth-order valence-corrected chi connectivity index (χ4v) is 1.89. The molecule has 1 aliphatic rings. The smallest absolute Gasteiger partial charge is 0.319 e. The monoisotopic (exact) mass is 233 g/mol. The minimum absolute atomic E-state index is 0.189. The molecule has 0 amide bonds. The summed E-state index contributed by atoms with van der Waals surface area (Å²) >= 11 is 0. The quantitative estimate of drug-likeness (QED) is 0.766. The summed E-state index contributed by atoms with van der Waals surface area (Å²) < 4.78 is 4.85. The Bertz CT molecular complexity index is 386. The average molecular weight is 233 g/mol. The first kappa shape index (κ1) is 12.1. The SMILES string of the molecule is CCOC(=O)CNCc1cccc(C2CC2)c1. The van der Waals surface area contributed by atoms with E-state index in [-0.39, 0.29) is 12.5 Å².